The summed E-state index contributed by atoms with van der Waals surface area (Å²) in [5.74, 6) is -0.185. The summed E-state index contributed by atoms with van der Waals surface area (Å²) in [5.41, 5.74) is 4.43. The van der Waals surface area contributed by atoms with Crippen molar-refractivity contribution < 1.29 is 14.6 Å². The van der Waals surface area contributed by atoms with Crippen LogP contribution in [0.25, 0.3) is 10.9 Å². The number of nitrogens with zero attached hydrogens (tertiary/aromatic N) is 1. The number of hydrogen-bond acceptors (Lipinski definition) is 3. The van der Waals surface area contributed by atoms with Gasteiger partial charge in [-0.3, -0.25) is 0 Å². The first-order valence-electron chi connectivity index (χ1n) is 8.73. The van der Waals surface area contributed by atoms with Gasteiger partial charge in [0.05, 0.1) is 12.6 Å². The first-order valence-corrected chi connectivity index (χ1v) is 8.73. The van der Waals surface area contributed by atoms with Crippen molar-refractivity contribution in [1.29, 1.82) is 0 Å². The smallest absolute Gasteiger partial charge is 0.352 e. The Kier molecular flexibility index (Phi) is 5.28. The molecule has 2 aromatic carbocycles. The van der Waals surface area contributed by atoms with Crippen molar-refractivity contribution in [3.05, 3.63) is 64.8 Å². The molecular formula is C21H24N2O3. The van der Waals surface area contributed by atoms with E-state index in [-0.39, 0.29) is 0 Å². The highest BCUT2D eigenvalue weighted by atomic mass is 16.5. The molecule has 5 heteroatoms. The van der Waals surface area contributed by atoms with Crippen LogP contribution in [-0.2, 0) is 19.6 Å². The molecule has 0 spiro atoms. The van der Waals surface area contributed by atoms with Crippen molar-refractivity contribution in [3.8, 4) is 5.75 Å². The first kappa shape index (κ1) is 18.0. The summed E-state index contributed by atoms with van der Waals surface area (Å²) in [5, 5.41) is 14.1. The van der Waals surface area contributed by atoms with E-state index in [1.165, 1.54) is 11.1 Å². The van der Waals surface area contributed by atoms with Gasteiger partial charge in [-0.1, -0.05) is 29.8 Å². The number of hydrogen-bond donors (Lipinski definition) is 2. The summed E-state index contributed by atoms with van der Waals surface area (Å²) in [6.45, 7) is 5.78. The lowest BCUT2D eigenvalue weighted by Gasteiger charge is -2.08. The van der Waals surface area contributed by atoms with Crippen LogP contribution in [0.3, 0.4) is 0 Å². The number of carbonyl (C=O) groups is 1. The number of benzene rings is 2. The molecule has 3 aromatic rings. The molecule has 2 N–H and O–H groups in total. The molecule has 136 valence electrons. The van der Waals surface area contributed by atoms with E-state index >= 15 is 0 Å². The van der Waals surface area contributed by atoms with Gasteiger partial charge in [0, 0.05) is 36.7 Å². The Hall–Kier alpha value is -2.79. The van der Waals surface area contributed by atoms with E-state index in [0.29, 0.717) is 25.3 Å². The predicted octanol–water partition coefficient (Wildman–Crippen LogP) is 3.97. The lowest BCUT2D eigenvalue weighted by molar-refractivity contribution is 0.0684. The molecule has 0 aliphatic rings. The molecule has 5 nitrogen and oxygen atoms in total. The van der Waals surface area contributed by atoms with Crippen molar-refractivity contribution >= 4 is 16.9 Å². The summed E-state index contributed by atoms with van der Waals surface area (Å²) in [6.07, 6.45) is 0. The molecule has 0 aliphatic heterocycles. The van der Waals surface area contributed by atoms with E-state index < -0.39 is 5.97 Å². The van der Waals surface area contributed by atoms with Crippen molar-refractivity contribution in [2.45, 2.75) is 33.5 Å². The number of fused-ring (bicyclic) bond motifs is 1. The molecule has 1 heterocycles. The summed E-state index contributed by atoms with van der Waals surface area (Å²) in [6, 6.07) is 14.0. The third-order valence-corrected chi connectivity index (χ3v) is 4.65. The summed E-state index contributed by atoms with van der Waals surface area (Å²) >= 11 is 0. The van der Waals surface area contributed by atoms with Crippen LogP contribution in [-0.4, -0.2) is 22.8 Å². The summed E-state index contributed by atoms with van der Waals surface area (Å²) in [7, 11) is 1.61. The Morgan fingerprint density at radius 1 is 1.15 bits per heavy atom. The van der Waals surface area contributed by atoms with Gasteiger partial charge in [-0.05, 0) is 31.5 Å². The Balaban J connectivity index is 1.94. The maximum Gasteiger partial charge on any atom is 0.352 e. The van der Waals surface area contributed by atoms with Crippen molar-refractivity contribution in [2.75, 3.05) is 7.11 Å². The first-order chi connectivity index (χ1) is 12.5. The minimum Gasteiger partial charge on any atom is -0.497 e. The molecule has 3 rings (SSSR count). The molecule has 0 aliphatic carbocycles. The molecule has 0 atom stereocenters. The zero-order chi connectivity index (χ0) is 18.7. The van der Waals surface area contributed by atoms with Crippen LogP contribution in [0, 0.1) is 6.92 Å². The van der Waals surface area contributed by atoms with Crippen molar-refractivity contribution in [3.63, 3.8) is 0 Å². The predicted molar refractivity (Wildman–Crippen MR) is 103 cm³/mol. The summed E-state index contributed by atoms with van der Waals surface area (Å²) < 4.78 is 7.14. The molecule has 0 saturated heterocycles. The number of carboxylic acids is 1. The van der Waals surface area contributed by atoms with Gasteiger partial charge in [0.15, 0.2) is 0 Å². The maximum atomic E-state index is 11.9. The second-order valence-electron chi connectivity index (χ2n) is 6.35. The second kappa shape index (κ2) is 7.62. The van der Waals surface area contributed by atoms with Crippen LogP contribution in [0.15, 0.2) is 42.5 Å². The largest absolute Gasteiger partial charge is 0.497 e. The van der Waals surface area contributed by atoms with E-state index in [4.69, 9.17) is 4.74 Å². The minimum absolute atomic E-state index is 0.340. The fourth-order valence-electron chi connectivity index (χ4n) is 3.32. The molecule has 0 amide bonds. The molecule has 0 unspecified atom stereocenters. The number of methoxy groups -OCH3 is 1. The van der Waals surface area contributed by atoms with Crippen molar-refractivity contribution in [1.82, 2.24) is 9.88 Å². The number of rotatable bonds is 7. The molecular weight excluding hydrogens is 328 g/mol. The highest BCUT2D eigenvalue weighted by Crippen LogP contribution is 2.30. The number of nitrogens with one attached hydrogen (secondary N) is 1. The SMILES string of the molecule is CCn1c(C(=O)O)c(CNCc2ccc(C)cc2)c2ccc(OC)cc21. The average Bonchev–Trinajstić information content (AvgIpc) is 2.96. The van der Waals surface area contributed by atoms with Crippen LogP contribution in [0.2, 0.25) is 0 Å². The third kappa shape index (κ3) is 3.44. The fourth-order valence-corrected chi connectivity index (χ4v) is 3.32. The van der Waals surface area contributed by atoms with Crippen LogP contribution >= 0.6 is 0 Å². The Labute approximate surface area is 153 Å². The van der Waals surface area contributed by atoms with Gasteiger partial charge in [0.2, 0.25) is 0 Å². The van der Waals surface area contributed by atoms with Crippen LogP contribution in [0.4, 0.5) is 0 Å². The standard InChI is InChI=1S/C21H24N2O3/c1-4-23-19-11-16(26-3)9-10-17(19)18(20(23)21(24)25)13-22-12-15-7-5-14(2)6-8-15/h5-11,22H,4,12-13H2,1-3H3,(H,24,25). The Morgan fingerprint density at radius 2 is 1.88 bits per heavy atom. The number of aromatic nitrogens is 1. The number of aryl methyl sites for hydroxylation is 2. The lowest BCUT2D eigenvalue weighted by Crippen LogP contribution is -2.16. The Bertz CT molecular complexity index is 927. The van der Waals surface area contributed by atoms with Gasteiger partial charge in [-0.15, -0.1) is 0 Å². The van der Waals surface area contributed by atoms with E-state index in [9.17, 15) is 9.90 Å². The molecule has 0 radical (unpaired) electrons. The van der Waals surface area contributed by atoms with Gasteiger partial charge in [0.25, 0.3) is 0 Å². The summed E-state index contributed by atoms with van der Waals surface area (Å²) in [4.78, 5) is 11.9. The van der Waals surface area contributed by atoms with E-state index in [0.717, 1.165) is 22.2 Å². The highest BCUT2D eigenvalue weighted by molar-refractivity contribution is 5.98. The average molecular weight is 352 g/mol. The van der Waals surface area contributed by atoms with Gasteiger partial charge in [-0.2, -0.15) is 0 Å². The monoisotopic (exact) mass is 352 g/mol. The zero-order valence-electron chi connectivity index (χ0n) is 15.4. The van der Waals surface area contributed by atoms with Gasteiger partial charge >= 0.3 is 5.97 Å². The van der Waals surface area contributed by atoms with E-state index in [1.807, 2.05) is 29.7 Å². The van der Waals surface area contributed by atoms with Gasteiger partial charge in [-0.25, -0.2) is 4.79 Å². The quantitative estimate of drug-likeness (QED) is 0.675. The van der Waals surface area contributed by atoms with Crippen LogP contribution in [0.1, 0.15) is 34.1 Å². The Morgan fingerprint density at radius 3 is 2.50 bits per heavy atom. The van der Waals surface area contributed by atoms with E-state index in [1.54, 1.807) is 7.11 Å². The molecule has 1 aromatic heterocycles. The molecule has 0 fully saturated rings. The normalized spacial score (nSPS) is 11.0. The second-order valence-corrected chi connectivity index (χ2v) is 6.35. The topological polar surface area (TPSA) is 63.5 Å². The number of aromatic carboxylic acids is 1. The lowest BCUT2D eigenvalue weighted by atomic mass is 10.1. The number of ether oxygens (including phenoxy) is 1. The molecule has 0 saturated carbocycles. The molecule has 26 heavy (non-hydrogen) atoms. The zero-order valence-corrected chi connectivity index (χ0v) is 15.4. The molecule has 0 bridgehead atoms. The highest BCUT2D eigenvalue weighted by Gasteiger charge is 2.21. The van der Waals surface area contributed by atoms with Gasteiger partial charge in [0.1, 0.15) is 11.4 Å². The fraction of sp³-hybridized carbons (Fsp3) is 0.286. The third-order valence-electron chi connectivity index (χ3n) is 4.65. The number of carboxylic acid groups (broad SMARTS) is 1. The maximum absolute atomic E-state index is 11.9. The van der Waals surface area contributed by atoms with Crippen LogP contribution < -0.4 is 10.1 Å². The van der Waals surface area contributed by atoms with Crippen LogP contribution in [0.5, 0.6) is 5.75 Å². The van der Waals surface area contributed by atoms with E-state index in [2.05, 4.69) is 36.5 Å². The minimum atomic E-state index is -0.908. The van der Waals surface area contributed by atoms with Gasteiger partial charge < -0.3 is 19.7 Å². The van der Waals surface area contributed by atoms with Crippen molar-refractivity contribution in [2.24, 2.45) is 0 Å².